The Morgan fingerprint density at radius 2 is 1.46 bits per heavy atom. The maximum absolute atomic E-state index is 12.9. The molecule has 0 fully saturated rings. The fourth-order valence-electron chi connectivity index (χ4n) is 2.44. The van der Waals surface area contributed by atoms with Crippen molar-refractivity contribution in [1.82, 2.24) is 4.98 Å². The molecule has 0 aliphatic heterocycles. The predicted molar refractivity (Wildman–Crippen MR) is 94.0 cm³/mol. The second kappa shape index (κ2) is 7.39. The van der Waals surface area contributed by atoms with Crippen LogP contribution in [0, 0.1) is 0 Å². The van der Waals surface area contributed by atoms with Crippen LogP contribution in [0.1, 0.15) is 16.8 Å². The molecule has 0 aliphatic carbocycles. The standard InChI is InChI=1S/C20H15F3N2O/c1-26-17-12-18(20(21,22)23)24-13-16(17)25-19(14-8-4-2-5-9-14)15-10-6-3-7-11-15/h2-13H,1H3. The normalized spacial score (nSPS) is 11.1. The number of hydrogen-bond acceptors (Lipinski definition) is 3. The number of pyridine rings is 1. The molecule has 0 spiro atoms. The van der Waals surface area contributed by atoms with E-state index in [0.29, 0.717) is 5.71 Å². The first-order valence-corrected chi connectivity index (χ1v) is 7.80. The summed E-state index contributed by atoms with van der Waals surface area (Å²) in [6.07, 6.45) is -3.47. The molecule has 6 heteroatoms. The number of aromatic nitrogens is 1. The summed E-state index contributed by atoms with van der Waals surface area (Å²) in [5.74, 6) is 0.0108. The first-order valence-electron chi connectivity index (χ1n) is 7.80. The summed E-state index contributed by atoms with van der Waals surface area (Å²) in [5.41, 5.74) is 1.49. The molecule has 3 aromatic rings. The number of halogens is 3. The van der Waals surface area contributed by atoms with E-state index in [1.165, 1.54) is 7.11 Å². The van der Waals surface area contributed by atoms with Gasteiger partial charge in [-0.2, -0.15) is 13.2 Å². The topological polar surface area (TPSA) is 34.5 Å². The lowest BCUT2D eigenvalue weighted by molar-refractivity contribution is -0.141. The van der Waals surface area contributed by atoms with Crippen LogP contribution in [0.3, 0.4) is 0 Å². The summed E-state index contributed by atoms with van der Waals surface area (Å²) < 4.78 is 43.7. The van der Waals surface area contributed by atoms with E-state index in [9.17, 15) is 13.2 Å². The molecule has 0 N–H and O–H groups in total. The zero-order valence-corrected chi connectivity index (χ0v) is 13.9. The van der Waals surface area contributed by atoms with Gasteiger partial charge in [0.15, 0.2) is 0 Å². The summed E-state index contributed by atoms with van der Waals surface area (Å²) in [5, 5.41) is 0. The molecule has 0 saturated carbocycles. The average molecular weight is 356 g/mol. The average Bonchev–Trinajstić information content (AvgIpc) is 2.66. The highest BCUT2D eigenvalue weighted by Gasteiger charge is 2.33. The molecule has 1 heterocycles. The number of methoxy groups -OCH3 is 1. The highest BCUT2D eigenvalue weighted by molar-refractivity contribution is 6.14. The number of rotatable bonds is 4. The maximum Gasteiger partial charge on any atom is 0.433 e. The monoisotopic (exact) mass is 356 g/mol. The molecule has 0 amide bonds. The lowest BCUT2D eigenvalue weighted by atomic mass is 10.0. The molecule has 0 radical (unpaired) electrons. The number of aliphatic imine (C=N–C) groups is 1. The van der Waals surface area contributed by atoms with Crippen LogP contribution in [0.4, 0.5) is 18.9 Å². The number of benzene rings is 2. The van der Waals surface area contributed by atoms with Crippen molar-refractivity contribution in [2.75, 3.05) is 7.11 Å². The Morgan fingerprint density at radius 1 is 0.923 bits per heavy atom. The first-order chi connectivity index (χ1) is 12.5. The van der Waals surface area contributed by atoms with Crippen LogP contribution in [0.2, 0.25) is 0 Å². The second-order valence-electron chi connectivity index (χ2n) is 5.43. The third kappa shape index (κ3) is 3.91. The van der Waals surface area contributed by atoms with Crippen molar-refractivity contribution in [3.05, 3.63) is 89.7 Å². The minimum atomic E-state index is -4.54. The van der Waals surface area contributed by atoms with Crippen LogP contribution in [0.25, 0.3) is 0 Å². The summed E-state index contributed by atoms with van der Waals surface area (Å²) in [7, 11) is 1.30. The molecule has 3 rings (SSSR count). The number of alkyl halides is 3. The van der Waals surface area contributed by atoms with E-state index in [4.69, 9.17) is 4.74 Å². The van der Waals surface area contributed by atoms with E-state index in [1.807, 2.05) is 60.7 Å². The van der Waals surface area contributed by atoms with Gasteiger partial charge in [0.25, 0.3) is 0 Å². The molecule has 2 aromatic carbocycles. The second-order valence-corrected chi connectivity index (χ2v) is 5.43. The Morgan fingerprint density at radius 3 is 1.92 bits per heavy atom. The smallest absolute Gasteiger partial charge is 0.433 e. The molecular weight excluding hydrogens is 341 g/mol. The van der Waals surface area contributed by atoms with Crippen LogP contribution in [-0.2, 0) is 6.18 Å². The lowest BCUT2D eigenvalue weighted by Gasteiger charge is -2.12. The molecular formula is C20H15F3N2O. The highest BCUT2D eigenvalue weighted by Crippen LogP contribution is 2.35. The molecule has 0 unspecified atom stereocenters. The van der Waals surface area contributed by atoms with Crippen molar-refractivity contribution in [3.63, 3.8) is 0 Å². The third-order valence-electron chi connectivity index (χ3n) is 3.68. The zero-order valence-electron chi connectivity index (χ0n) is 13.9. The van der Waals surface area contributed by atoms with Gasteiger partial charge in [-0.3, -0.25) is 0 Å². The van der Waals surface area contributed by atoms with Gasteiger partial charge in [0.05, 0.1) is 19.0 Å². The van der Waals surface area contributed by atoms with Crippen LogP contribution in [0.15, 0.2) is 77.9 Å². The highest BCUT2D eigenvalue weighted by atomic mass is 19.4. The summed E-state index contributed by atoms with van der Waals surface area (Å²) in [6.45, 7) is 0. The Kier molecular flexibility index (Phi) is 5.02. The third-order valence-corrected chi connectivity index (χ3v) is 3.68. The minimum Gasteiger partial charge on any atom is -0.494 e. The Bertz CT molecular complexity index is 866. The zero-order chi connectivity index (χ0) is 18.6. The molecule has 1 aromatic heterocycles. The molecule has 132 valence electrons. The van der Waals surface area contributed by atoms with Crippen molar-refractivity contribution in [1.29, 1.82) is 0 Å². The number of nitrogens with zero attached hydrogens (tertiary/aromatic N) is 2. The minimum absolute atomic E-state index is 0.0108. The van der Waals surface area contributed by atoms with Gasteiger partial charge in [-0.1, -0.05) is 60.7 Å². The SMILES string of the molecule is COc1cc(C(F)(F)F)ncc1N=C(c1ccccc1)c1ccccc1. The summed E-state index contributed by atoms with van der Waals surface area (Å²) >= 11 is 0. The van der Waals surface area contributed by atoms with Crippen LogP contribution >= 0.6 is 0 Å². The van der Waals surface area contributed by atoms with E-state index in [2.05, 4.69) is 9.98 Å². The van der Waals surface area contributed by atoms with Crippen molar-refractivity contribution >= 4 is 11.4 Å². The Hall–Kier alpha value is -3.15. The number of ether oxygens (including phenoxy) is 1. The number of hydrogen-bond donors (Lipinski definition) is 0. The first kappa shape index (κ1) is 17.7. The fourth-order valence-corrected chi connectivity index (χ4v) is 2.44. The van der Waals surface area contributed by atoms with Gasteiger partial charge in [0.1, 0.15) is 17.1 Å². The van der Waals surface area contributed by atoms with E-state index >= 15 is 0 Å². The van der Waals surface area contributed by atoms with Crippen LogP contribution in [-0.4, -0.2) is 17.8 Å². The fraction of sp³-hybridized carbons (Fsp3) is 0.100. The van der Waals surface area contributed by atoms with Gasteiger partial charge < -0.3 is 4.74 Å². The van der Waals surface area contributed by atoms with Gasteiger partial charge in [-0.25, -0.2) is 9.98 Å². The van der Waals surface area contributed by atoms with E-state index in [0.717, 1.165) is 23.4 Å². The van der Waals surface area contributed by atoms with Gasteiger partial charge in [0, 0.05) is 17.2 Å². The van der Waals surface area contributed by atoms with E-state index in [-0.39, 0.29) is 11.4 Å². The Labute approximate surface area is 148 Å². The van der Waals surface area contributed by atoms with Gasteiger partial charge in [-0.05, 0) is 0 Å². The molecule has 3 nitrogen and oxygen atoms in total. The maximum atomic E-state index is 12.9. The molecule has 0 aliphatic rings. The molecule has 26 heavy (non-hydrogen) atoms. The van der Waals surface area contributed by atoms with E-state index in [1.54, 1.807) is 0 Å². The Balaban J connectivity index is 2.15. The molecule has 0 saturated heterocycles. The van der Waals surface area contributed by atoms with Crippen molar-refractivity contribution < 1.29 is 17.9 Å². The van der Waals surface area contributed by atoms with E-state index < -0.39 is 11.9 Å². The van der Waals surface area contributed by atoms with Gasteiger partial charge in [-0.15, -0.1) is 0 Å². The quantitative estimate of drug-likeness (QED) is 0.596. The summed E-state index contributed by atoms with van der Waals surface area (Å²) in [6, 6.07) is 19.6. The van der Waals surface area contributed by atoms with Gasteiger partial charge in [0.2, 0.25) is 0 Å². The molecule has 0 atom stereocenters. The van der Waals surface area contributed by atoms with Crippen molar-refractivity contribution in [3.8, 4) is 5.75 Å². The lowest BCUT2D eigenvalue weighted by Crippen LogP contribution is -2.08. The predicted octanol–water partition coefficient (Wildman–Crippen LogP) is 5.28. The van der Waals surface area contributed by atoms with Gasteiger partial charge >= 0.3 is 6.18 Å². The van der Waals surface area contributed by atoms with Crippen molar-refractivity contribution in [2.24, 2.45) is 4.99 Å². The summed E-state index contributed by atoms with van der Waals surface area (Å²) in [4.78, 5) is 8.04. The van der Waals surface area contributed by atoms with Crippen molar-refractivity contribution in [2.45, 2.75) is 6.18 Å². The van der Waals surface area contributed by atoms with Crippen LogP contribution < -0.4 is 4.74 Å². The van der Waals surface area contributed by atoms with Crippen LogP contribution in [0.5, 0.6) is 5.75 Å². The molecule has 0 bridgehead atoms. The largest absolute Gasteiger partial charge is 0.494 e.